The van der Waals surface area contributed by atoms with Crippen LogP contribution in [0.2, 0.25) is 0 Å². The minimum absolute atomic E-state index is 0.0775. The normalized spacial score (nSPS) is 14.5. The SMILES string of the molecule is CC/C=C\C/C=C\C/C=C\C/C=C\C/C=C\CCCCCC(=O)OCC(COP(=O)(O)OCC(O)COP(=O)(O)OCC(COC(=O)CCCCCCC/C=C\CCCCCC)OC(=O)CCCCCCCCCCCCC)OC(=O)CCCCCCC/C=C\CCCC. The number of phosphoric ester groups is 2. The molecule has 19 heteroatoms. The highest BCUT2D eigenvalue weighted by Crippen LogP contribution is 2.45. The zero-order valence-electron chi connectivity index (χ0n) is 59.1. The first kappa shape index (κ1) is 90.2. The van der Waals surface area contributed by atoms with Crippen LogP contribution < -0.4 is 0 Å². The third-order valence-electron chi connectivity index (χ3n) is 15.3. The van der Waals surface area contributed by atoms with Crippen molar-refractivity contribution < 1.29 is 80.2 Å². The molecule has 0 fully saturated rings. The summed E-state index contributed by atoms with van der Waals surface area (Å²) in [5, 5.41) is 10.6. The Balaban J connectivity index is 5.31. The molecule has 0 aliphatic heterocycles. The highest BCUT2D eigenvalue weighted by Gasteiger charge is 2.30. The van der Waals surface area contributed by atoms with Gasteiger partial charge in [-0.2, -0.15) is 0 Å². The third-order valence-corrected chi connectivity index (χ3v) is 17.2. The summed E-state index contributed by atoms with van der Waals surface area (Å²) in [6.45, 7) is 4.65. The number of ether oxygens (including phenoxy) is 4. The molecule has 0 heterocycles. The van der Waals surface area contributed by atoms with Crippen LogP contribution in [0.5, 0.6) is 0 Å². The summed E-state index contributed by atoms with van der Waals surface area (Å²) in [6.07, 6.45) is 67.4. The van der Waals surface area contributed by atoms with E-state index in [1.807, 2.05) is 0 Å². The second kappa shape index (κ2) is 67.8. The van der Waals surface area contributed by atoms with Crippen LogP contribution in [-0.4, -0.2) is 96.7 Å². The molecule has 17 nitrogen and oxygen atoms in total. The predicted molar refractivity (Wildman–Crippen MR) is 381 cm³/mol. The molecule has 0 aliphatic rings. The molecule has 5 atom stereocenters. The van der Waals surface area contributed by atoms with E-state index in [2.05, 4.69) is 113 Å². The molecular formula is C75H132O17P2. The molecule has 544 valence electrons. The Labute approximate surface area is 570 Å². The Bertz CT molecular complexity index is 2120. The molecule has 0 radical (unpaired) electrons. The summed E-state index contributed by atoms with van der Waals surface area (Å²) in [6, 6.07) is 0. The van der Waals surface area contributed by atoms with Crippen molar-refractivity contribution in [1.82, 2.24) is 0 Å². The smallest absolute Gasteiger partial charge is 0.462 e. The van der Waals surface area contributed by atoms with Crippen LogP contribution in [0.4, 0.5) is 0 Å². The number of hydrogen-bond acceptors (Lipinski definition) is 15. The molecule has 0 aromatic carbocycles. The largest absolute Gasteiger partial charge is 0.472 e. The fourth-order valence-electron chi connectivity index (χ4n) is 9.69. The van der Waals surface area contributed by atoms with Crippen molar-refractivity contribution in [2.75, 3.05) is 39.6 Å². The van der Waals surface area contributed by atoms with Gasteiger partial charge >= 0.3 is 39.5 Å². The molecule has 0 saturated heterocycles. The van der Waals surface area contributed by atoms with Crippen LogP contribution >= 0.6 is 15.6 Å². The van der Waals surface area contributed by atoms with Gasteiger partial charge in [0, 0.05) is 25.7 Å². The maximum absolute atomic E-state index is 13.0. The van der Waals surface area contributed by atoms with E-state index in [4.69, 9.17) is 37.0 Å². The van der Waals surface area contributed by atoms with Crippen LogP contribution in [0.3, 0.4) is 0 Å². The molecule has 0 spiro atoms. The molecular weight excluding hydrogens is 1230 g/mol. The number of carbonyl (C=O) groups excluding carboxylic acids is 4. The lowest BCUT2D eigenvalue weighted by molar-refractivity contribution is -0.161. The summed E-state index contributed by atoms with van der Waals surface area (Å²) >= 11 is 0. The number of esters is 4. The average molecular weight is 1370 g/mol. The van der Waals surface area contributed by atoms with Gasteiger partial charge in [0.2, 0.25) is 0 Å². The lowest BCUT2D eigenvalue weighted by Gasteiger charge is -2.21. The molecule has 3 N–H and O–H groups in total. The average Bonchev–Trinajstić information content (AvgIpc) is 1.24. The lowest BCUT2D eigenvalue weighted by Crippen LogP contribution is -2.30. The zero-order chi connectivity index (χ0) is 69.0. The molecule has 0 aliphatic carbocycles. The minimum Gasteiger partial charge on any atom is -0.462 e. The van der Waals surface area contributed by atoms with Gasteiger partial charge < -0.3 is 33.8 Å². The number of carbonyl (C=O) groups is 4. The van der Waals surface area contributed by atoms with Crippen molar-refractivity contribution in [2.24, 2.45) is 0 Å². The summed E-state index contributed by atoms with van der Waals surface area (Å²) in [5.74, 6) is -2.22. The number of allylic oxidation sites excluding steroid dienone is 14. The van der Waals surface area contributed by atoms with Crippen molar-refractivity contribution in [3.05, 3.63) is 85.1 Å². The third kappa shape index (κ3) is 66.8. The molecule has 0 aromatic heterocycles. The van der Waals surface area contributed by atoms with Gasteiger partial charge in [0.05, 0.1) is 26.4 Å². The Morgan fingerprint density at radius 2 is 0.564 bits per heavy atom. The zero-order valence-corrected chi connectivity index (χ0v) is 60.9. The molecule has 0 amide bonds. The number of aliphatic hydroxyl groups is 1. The van der Waals surface area contributed by atoms with Crippen molar-refractivity contribution in [1.29, 1.82) is 0 Å². The Morgan fingerprint density at radius 3 is 0.915 bits per heavy atom. The van der Waals surface area contributed by atoms with Gasteiger partial charge in [0.1, 0.15) is 19.3 Å². The number of aliphatic hydroxyl groups excluding tert-OH is 1. The summed E-state index contributed by atoms with van der Waals surface area (Å²) < 4.78 is 68.2. The second-order valence-electron chi connectivity index (χ2n) is 24.5. The van der Waals surface area contributed by atoms with Gasteiger partial charge in [-0.25, -0.2) is 9.13 Å². The Hall–Kier alpha value is -3.76. The van der Waals surface area contributed by atoms with Crippen molar-refractivity contribution in [3.8, 4) is 0 Å². The maximum Gasteiger partial charge on any atom is 0.472 e. The van der Waals surface area contributed by atoms with E-state index in [-0.39, 0.29) is 25.7 Å². The molecule has 94 heavy (non-hydrogen) atoms. The van der Waals surface area contributed by atoms with Crippen molar-refractivity contribution in [3.63, 3.8) is 0 Å². The van der Waals surface area contributed by atoms with Gasteiger partial charge in [-0.3, -0.25) is 37.3 Å². The highest BCUT2D eigenvalue weighted by molar-refractivity contribution is 7.47. The molecule has 0 rings (SSSR count). The quantitative estimate of drug-likeness (QED) is 0.0169. The first-order valence-electron chi connectivity index (χ1n) is 36.8. The fourth-order valence-corrected chi connectivity index (χ4v) is 11.3. The molecule has 0 aromatic rings. The van der Waals surface area contributed by atoms with E-state index in [0.29, 0.717) is 25.7 Å². The number of rotatable bonds is 69. The first-order chi connectivity index (χ1) is 45.7. The standard InChI is InChI=1S/C75H132O17P2/c1-5-9-13-17-21-25-29-31-32-33-34-35-36-38-42-44-48-52-56-60-73(78)86-66-71(92-75(80)62-58-54-50-46-40-28-24-20-16-12-8-4)68-90-94(83,84)88-64-69(76)63-87-93(81,82)89-67-70(91-74(79)61-57-53-49-45-39-27-23-19-15-11-7-3)65-85-72(77)59-55-51-47-43-41-37-30-26-22-18-14-10-6-2/h9,13,20-21,24-26,30-32,34-35,38,42,69-71,76H,5-8,10-12,14-19,22-23,27-29,33,36-37,39-41,43-68H2,1-4H3,(H,81,82)(H,83,84)/b13-9-,24-20-,25-21-,30-26-,32-31-,35-34-,42-38-. The predicted octanol–water partition coefficient (Wildman–Crippen LogP) is 20.7. The number of phosphoric acid groups is 2. The van der Waals surface area contributed by atoms with Crippen LogP contribution in [0.25, 0.3) is 0 Å². The van der Waals surface area contributed by atoms with Crippen LogP contribution in [0, 0.1) is 0 Å². The van der Waals surface area contributed by atoms with E-state index in [1.165, 1.54) is 77.0 Å². The van der Waals surface area contributed by atoms with E-state index < -0.39 is 97.5 Å². The fraction of sp³-hybridized carbons (Fsp3) is 0.760. The molecule has 0 bridgehead atoms. The van der Waals surface area contributed by atoms with Crippen LogP contribution in [0.1, 0.15) is 310 Å². The highest BCUT2D eigenvalue weighted by atomic mass is 31.2. The number of hydrogen-bond donors (Lipinski definition) is 3. The van der Waals surface area contributed by atoms with Crippen molar-refractivity contribution >= 4 is 39.5 Å². The summed E-state index contributed by atoms with van der Waals surface area (Å²) in [4.78, 5) is 72.6. The van der Waals surface area contributed by atoms with E-state index in [0.717, 1.165) is 154 Å². The Morgan fingerprint density at radius 1 is 0.309 bits per heavy atom. The topological polar surface area (TPSA) is 237 Å². The monoisotopic (exact) mass is 1370 g/mol. The van der Waals surface area contributed by atoms with E-state index in [1.54, 1.807) is 0 Å². The van der Waals surface area contributed by atoms with Gasteiger partial charge in [-0.1, -0.05) is 254 Å². The van der Waals surface area contributed by atoms with Crippen LogP contribution in [0.15, 0.2) is 85.1 Å². The van der Waals surface area contributed by atoms with Gasteiger partial charge in [0.15, 0.2) is 12.2 Å². The van der Waals surface area contributed by atoms with Crippen LogP contribution in [-0.2, 0) is 65.4 Å². The van der Waals surface area contributed by atoms with E-state index in [9.17, 15) is 43.2 Å². The lowest BCUT2D eigenvalue weighted by atomic mass is 10.1. The maximum atomic E-state index is 13.0. The second-order valence-corrected chi connectivity index (χ2v) is 27.4. The Kier molecular flexibility index (Phi) is 65.1. The molecule has 5 unspecified atom stereocenters. The van der Waals surface area contributed by atoms with Gasteiger partial charge in [-0.15, -0.1) is 0 Å². The minimum atomic E-state index is -4.97. The van der Waals surface area contributed by atoms with Gasteiger partial charge in [0.25, 0.3) is 0 Å². The van der Waals surface area contributed by atoms with Gasteiger partial charge in [-0.05, 0) is 116 Å². The van der Waals surface area contributed by atoms with Crippen molar-refractivity contribution in [2.45, 2.75) is 329 Å². The van der Waals surface area contributed by atoms with E-state index >= 15 is 0 Å². The number of unbranched alkanes of at least 4 members (excludes halogenated alkanes) is 29. The summed E-state index contributed by atoms with van der Waals surface area (Å²) in [5.41, 5.74) is 0. The summed E-state index contributed by atoms with van der Waals surface area (Å²) in [7, 11) is -9.94. The molecule has 0 saturated carbocycles. The first-order valence-corrected chi connectivity index (χ1v) is 39.8.